The summed E-state index contributed by atoms with van der Waals surface area (Å²) in [7, 11) is 0. The van der Waals surface area contributed by atoms with Crippen LogP contribution in [-0.4, -0.2) is 6.61 Å². The molecule has 6 nitrogen and oxygen atoms in total. The molecule has 0 N–H and O–H groups in total. The van der Waals surface area contributed by atoms with E-state index in [1.165, 1.54) is 31.2 Å². The molecule has 44 heavy (non-hydrogen) atoms. The Morgan fingerprint density at radius 2 is 1.00 bits per heavy atom. The minimum Gasteiger partial charge on any atom is -0.494 e. The number of ether oxygens (including phenoxy) is 2. The maximum atomic E-state index is 5.98. The quantitative estimate of drug-likeness (QED) is 0.0907. The fraction of sp³-hybridized carbons (Fsp3) is 0.263. The molecule has 0 unspecified atom stereocenters. The molecule has 5 aromatic carbocycles. The second-order valence-electron chi connectivity index (χ2n) is 10.8. The number of aryl methyl sites for hydroxylation is 1. The van der Waals surface area contributed by atoms with Crippen LogP contribution >= 0.6 is 0 Å². The Labute approximate surface area is 260 Å². The first kappa shape index (κ1) is 30.6. The van der Waals surface area contributed by atoms with E-state index in [0.29, 0.717) is 6.61 Å². The van der Waals surface area contributed by atoms with E-state index in [9.17, 15) is 0 Å². The van der Waals surface area contributed by atoms with E-state index in [4.69, 9.17) is 9.47 Å². The Morgan fingerprint density at radius 3 is 1.59 bits per heavy atom. The van der Waals surface area contributed by atoms with Crippen LogP contribution in [0.5, 0.6) is 11.5 Å². The van der Waals surface area contributed by atoms with Gasteiger partial charge in [-0.2, -0.15) is 10.2 Å². The molecule has 0 heterocycles. The van der Waals surface area contributed by atoms with Crippen molar-refractivity contribution in [3.63, 3.8) is 0 Å². The summed E-state index contributed by atoms with van der Waals surface area (Å²) in [5, 5.41) is 20.0. The lowest BCUT2D eigenvalue weighted by Gasteiger charge is -2.09. The topological polar surface area (TPSA) is 67.9 Å². The second-order valence-corrected chi connectivity index (χ2v) is 10.8. The molecule has 0 radical (unpaired) electrons. The minimum absolute atomic E-state index is 0.483. The highest BCUT2D eigenvalue weighted by Gasteiger charge is 2.06. The monoisotopic (exact) mass is 584 g/mol. The van der Waals surface area contributed by atoms with Gasteiger partial charge in [0.2, 0.25) is 0 Å². The molecule has 0 atom stereocenters. The lowest BCUT2D eigenvalue weighted by molar-refractivity contribution is 0.301. The molecule has 224 valence electrons. The zero-order valence-corrected chi connectivity index (χ0v) is 25.7. The summed E-state index contributed by atoms with van der Waals surface area (Å²) in [5.41, 5.74) is 5.58. The van der Waals surface area contributed by atoms with E-state index >= 15 is 0 Å². The fourth-order valence-electron chi connectivity index (χ4n) is 4.77. The van der Waals surface area contributed by atoms with Crippen molar-refractivity contribution in [2.75, 3.05) is 6.61 Å². The van der Waals surface area contributed by atoms with Gasteiger partial charge in [-0.1, -0.05) is 81.6 Å². The van der Waals surface area contributed by atoms with Crippen LogP contribution in [0.3, 0.4) is 0 Å². The first-order chi connectivity index (χ1) is 21.7. The van der Waals surface area contributed by atoms with Crippen molar-refractivity contribution in [3.8, 4) is 11.5 Å². The zero-order valence-electron chi connectivity index (χ0n) is 25.7. The maximum Gasteiger partial charge on any atom is 0.119 e. The highest BCUT2D eigenvalue weighted by Crippen LogP contribution is 2.35. The number of unbranched alkanes of at least 4 members (excludes halogenated alkanes) is 3. The molecule has 0 aliphatic heterocycles. The van der Waals surface area contributed by atoms with Gasteiger partial charge in [-0.25, -0.2) is 0 Å². The molecular formula is C38H40N4O2. The third-order valence-corrected chi connectivity index (χ3v) is 7.36. The Bertz CT molecular complexity index is 1660. The van der Waals surface area contributed by atoms with Gasteiger partial charge < -0.3 is 9.47 Å². The predicted octanol–water partition coefficient (Wildman–Crippen LogP) is 12.2. The van der Waals surface area contributed by atoms with E-state index < -0.39 is 0 Å². The Balaban J connectivity index is 1.19. The summed E-state index contributed by atoms with van der Waals surface area (Å²) >= 11 is 0. The molecule has 6 heteroatoms. The van der Waals surface area contributed by atoms with E-state index in [0.717, 1.165) is 70.0 Å². The van der Waals surface area contributed by atoms with E-state index in [-0.39, 0.29) is 0 Å². The lowest BCUT2D eigenvalue weighted by Crippen LogP contribution is -1.98. The van der Waals surface area contributed by atoms with Gasteiger partial charge in [-0.15, -0.1) is 10.2 Å². The second kappa shape index (κ2) is 16.1. The SMILES string of the molecule is CCCCCOc1ccc(COc2ccc(N=Nc3ccc(N=Nc4ccc(CCCC)cc4)c4ccccc34)cc2)cc1. The molecule has 0 spiro atoms. The van der Waals surface area contributed by atoms with Gasteiger partial charge in [0.15, 0.2) is 0 Å². The first-order valence-electron chi connectivity index (χ1n) is 15.6. The number of nitrogens with zero attached hydrogens (tertiary/aromatic N) is 4. The van der Waals surface area contributed by atoms with Crippen LogP contribution < -0.4 is 9.47 Å². The number of hydrogen-bond acceptors (Lipinski definition) is 6. The molecule has 0 aliphatic rings. The maximum absolute atomic E-state index is 5.98. The smallest absolute Gasteiger partial charge is 0.119 e. The number of azo groups is 2. The van der Waals surface area contributed by atoms with Gasteiger partial charge in [0.25, 0.3) is 0 Å². The van der Waals surface area contributed by atoms with Crippen LogP contribution in [0.4, 0.5) is 22.7 Å². The average molecular weight is 585 g/mol. The van der Waals surface area contributed by atoms with Gasteiger partial charge in [0.1, 0.15) is 18.1 Å². The summed E-state index contributed by atoms with van der Waals surface area (Å²) in [5.74, 6) is 1.68. The van der Waals surface area contributed by atoms with Crippen molar-refractivity contribution in [1.29, 1.82) is 0 Å². The van der Waals surface area contributed by atoms with Crippen molar-refractivity contribution in [3.05, 3.63) is 120 Å². The van der Waals surface area contributed by atoms with Crippen molar-refractivity contribution in [2.45, 2.75) is 59.0 Å². The van der Waals surface area contributed by atoms with E-state index in [1.807, 2.05) is 97.1 Å². The largest absolute Gasteiger partial charge is 0.494 e. The zero-order chi connectivity index (χ0) is 30.4. The van der Waals surface area contributed by atoms with Gasteiger partial charge in [-0.05, 0) is 91.1 Å². The van der Waals surface area contributed by atoms with Crippen LogP contribution in [-0.2, 0) is 13.0 Å². The molecule has 0 bridgehead atoms. The third kappa shape index (κ3) is 8.83. The molecule has 0 aliphatic carbocycles. The standard InChI is InChI=1S/C38H40N4O2/c1-3-5-9-27-43-33-21-15-30(16-22-33)28-44-34-23-19-32(20-24-34)40-42-38-26-25-37(35-11-7-8-12-36(35)38)41-39-31-17-13-29(14-18-31)10-6-4-2/h7-8,11-26H,3-6,9-10,27-28H2,1-2H3. The molecule has 0 amide bonds. The van der Waals surface area contributed by atoms with Gasteiger partial charge in [0, 0.05) is 10.8 Å². The summed E-state index contributed by atoms with van der Waals surface area (Å²) in [6.45, 7) is 5.64. The van der Waals surface area contributed by atoms with Crippen LogP contribution in [0.2, 0.25) is 0 Å². The normalized spacial score (nSPS) is 11.5. The number of rotatable bonds is 15. The number of benzene rings is 5. The third-order valence-electron chi connectivity index (χ3n) is 7.36. The van der Waals surface area contributed by atoms with Crippen molar-refractivity contribution in [1.82, 2.24) is 0 Å². The lowest BCUT2D eigenvalue weighted by atomic mass is 10.1. The van der Waals surface area contributed by atoms with Gasteiger partial charge in [-0.3, -0.25) is 0 Å². The van der Waals surface area contributed by atoms with E-state index in [2.05, 4.69) is 46.4 Å². The summed E-state index contributed by atoms with van der Waals surface area (Å²) in [4.78, 5) is 0. The van der Waals surface area contributed by atoms with Crippen molar-refractivity contribution in [2.24, 2.45) is 20.5 Å². The molecular weight excluding hydrogens is 544 g/mol. The number of hydrogen-bond donors (Lipinski definition) is 0. The minimum atomic E-state index is 0.483. The molecule has 0 fully saturated rings. The average Bonchev–Trinajstić information content (AvgIpc) is 3.08. The number of fused-ring (bicyclic) bond motifs is 1. The summed E-state index contributed by atoms with van der Waals surface area (Å²) < 4.78 is 11.8. The summed E-state index contributed by atoms with van der Waals surface area (Å²) in [6, 6.07) is 36.0. The van der Waals surface area contributed by atoms with Crippen molar-refractivity contribution < 1.29 is 9.47 Å². The molecule has 5 aromatic rings. The molecule has 0 saturated carbocycles. The molecule has 0 saturated heterocycles. The van der Waals surface area contributed by atoms with Crippen molar-refractivity contribution >= 4 is 33.5 Å². The van der Waals surface area contributed by atoms with Gasteiger partial charge in [0.05, 0.1) is 29.4 Å². The van der Waals surface area contributed by atoms with Crippen LogP contribution in [0.15, 0.2) is 130 Å². The Morgan fingerprint density at radius 1 is 0.477 bits per heavy atom. The van der Waals surface area contributed by atoms with E-state index in [1.54, 1.807) is 0 Å². The molecule has 0 aromatic heterocycles. The first-order valence-corrected chi connectivity index (χ1v) is 15.6. The van der Waals surface area contributed by atoms with Crippen LogP contribution in [0.25, 0.3) is 10.8 Å². The molecule has 5 rings (SSSR count). The highest BCUT2D eigenvalue weighted by atomic mass is 16.5. The fourth-order valence-corrected chi connectivity index (χ4v) is 4.77. The van der Waals surface area contributed by atoms with Gasteiger partial charge >= 0.3 is 0 Å². The highest BCUT2D eigenvalue weighted by molar-refractivity contribution is 5.99. The summed E-state index contributed by atoms with van der Waals surface area (Å²) in [6.07, 6.45) is 6.95. The Kier molecular flexibility index (Phi) is 11.2. The Hall–Kier alpha value is -4.84. The van der Waals surface area contributed by atoms with Crippen LogP contribution in [0.1, 0.15) is 57.1 Å². The van der Waals surface area contributed by atoms with Crippen LogP contribution in [0, 0.1) is 0 Å². The predicted molar refractivity (Wildman–Crippen MR) is 180 cm³/mol.